The number of pyridine rings is 1. The molecule has 2 aromatic heterocycles. The van der Waals surface area contributed by atoms with E-state index < -0.39 is 22.7 Å². The summed E-state index contributed by atoms with van der Waals surface area (Å²) in [5.41, 5.74) is 0.908. The zero-order valence-electron chi connectivity index (χ0n) is 20.9. The molecule has 2 aromatic carbocycles. The standard InChI is InChI=1S/C28H24N4O6S/c1-2-3-6-15-38-19-11-8-17(9-12-19)25(33)23-24(21-7-4-5-14-29-21)31(27(35)26(23)34)28-30-20-13-10-18(32(36)37)16-22(20)39-28/h4-5,7-14,16,24,33H,2-3,6,15H2,1H3/b25-23+. The second kappa shape index (κ2) is 11.0. The van der Waals surface area contributed by atoms with Gasteiger partial charge in [0.25, 0.3) is 11.5 Å². The van der Waals surface area contributed by atoms with E-state index in [4.69, 9.17) is 4.74 Å². The normalized spacial score (nSPS) is 16.6. The molecule has 0 bridgehead atoms. The second-order valence-electron chi connectivity index (χ2n) is 8.91. The Bertz CT molecular complexity index is 1580. The summed E-state index contributed by atoms with van der Waals surface area (Å²) >= 11 is 1.04. The average molecular weight is 545 g/mol. The van der Waals surface area contributed by atoms with Crippen LogP contribution in [0.25, 0.3) is 16.0 Å². The molecule has 198 valence electrons. The highest BCUT2D eigenvalue weighted by Crippen LogP contribution is 2.44. The quantitative estimate of drug-likeness (QED) is 0.0698. The summed E-state index contributed by atoms with van der Waals surface area (Å²) in [7, 11) is 0. The summed E-state index contributed by atoms with van der Waals surface area (Å²) in [6, 6.07) is 14.9. The molecule has 1 aliphatic rings. The van der Waals surface area contributed by atoms with E-state index in [-0.39, 0.29) is 22.2 Å². The SMILES string of the molecule is CCCCCOc1ccc(/C(O)=C2\C(=O)C(=O)N(c3nc4ccc([N+](=O)[O-])cc4s3)C2c2ccccn2)cc1. The second-order valence-corrected chi connectivity index (χ2v) is 9.92. The van der Waals surface area contributed by atoms with Gasteiger partial charge in [-0.2, -0.15) is 0 Å². The molecule has 1 unspecified atom stereocenters. The molecule has 4 aromatic rings. The predicted molar refractivity (Wildman–Crippen MR) is 147 cm³/mol. The van der Waals surface area contributed by atoms with Gasteiger partial charge < -0.3 is 9.84 Å². The van der Waals surface area contributed by atoms with Gasteiger partial charge in [0.15, 0.2) is 5.13 Å². The van der Waals surface area contributed by atoms with Gasteiger partial charge in [0, 0.05) is 23.9 Å². The van der Waals surface area contributed by atoms with Crippen molar-refractivity contribution in [1.82, 2.24) is 9.97 Å². The number of aliphatic hydroxyl groups is 1. The van der Waals surface area contributed by atoms with Gasteiger partial charge in [-0.25, -0.2) is 4.98 Å². The monoisotopic (exact) mass is 544 g/mol. The molecule has 0 spiro atoms. The molecule has 1 aliphatic heterocycles. The molecule has 1 saturated heterocycles. The van der Waals surface area contributed by atoms with Crippen molar-refractivity contribution in [3.63, 3.8) is 0 Å². The summed E-state index contributed by atoms with van der Waals surface area (Å²) in [6.45, 7) is 2.69. The van der Waals surface area contributed by atoms with E-state index in [1.54, 1.807) is 42.5 Å². The van der Waals surface area contributed by atoms with Crippen molar-refractivity contribution in [1.29, 1.82) is 0 Å². The molecule has 5 rings (SSSR count). The topological polar surface area (TPSA) is 136 Å². The summed E-state index contributed by atoms with van der Waals surface area (Å²) in [5, 5.41) is 22.7. The minimum Gasteiger partial charge on any atom is -0.507 e. The molecule has 0 saturated carbocycles. The molecule has 39 heavy (non-hydrogen) atoms. The lowest BCUT2D eigenvalue weighted by Gasteiger charge is -2.21. The number of hydrogen-bond donors (Lipinski definition) is 1. The highest BCUT2D eigenvalue weighted by atomic mass is 32.1. The highest BCUT2D eigenvalue weighted by molar-refractivity contribution is 7.22. The van der Waals surface area contributed by atoms with Gasteiger partial charge >= 0.3 is 5.91 Å². The number of thiazole rings is 1. The molecule has 1 fully saturated rings. The molecule has 1 N–H and O–H groups in total. The van der Waals surface area contributed by atoms with Gasteiger partial charge in [-0.1, -0.05) is 37.2 Å². The number of unbranched alkanes of at least 4 members (excludes halogenated alkanes) is 2. The van der Waals surface area contributed by atoms with Crippen LogP contribution in [0.5, 0.6) is 5.75 Å². The van der Waals surface area contributed by atoms with Crippen LogP contribution in [-0.2, 0) is 9.59 Å². The highest BCUT2D eigenvalue weighted by Gasteiger charge is 2.48. The van der Waals surface area contributed by atoms with Crippen LogP contribution in [0.4, 0.5) is 10.8 Å². The van der Waals surface area contributed by atoms with Crippen LogP contribution in [0.15, 0.2) is 72.4 Å². The molecule has 3 heterocycles. The number of ether oxygens (including phenoxy) is 1. The van der Waals surface area contributed by atoms with Crippen molar-refractivity contribution in [3.05, 3.63) is 93.8 Å². The summed E-state index contributed by atoms with van der Waals surface area (Å²) in [5.74, 6) is -1.47. The number of nitro groups is 1. The third kappa shape index (κ3) is 5.08. The predicted octanol–water partition coefficient (Wildman–Crippen LogP) is 5.79. The number of aromatic nitrogens is 2. The number of carbonyl (C=O) groups is 2. The summed E-state index contributed by atoms with van der Waals surface area (Å²) in [6.07, 6.45) is 4.62. The van der Waals surface area contributed by atoms with Crippen molar-refractivity contribution >= 4 is 49.8 Å². The number of Topliss-reactive ketones (excluding diaryl/α,β-unsaturated/α-hetero) is 1. The summed E-state index contributed by atoms with van der Waals surface area (Å²) < 4.78 is 6.22. The lowest BCUT2D eigenvalue weighted by atomic mass is 9.98. The van der Waals surface area contributed by atoms with E-state index in [1.807, 2.05) is 0 Å². The van der Waals surface area contributed by atoms with Crippen molar-refractivity contribution in [2.45, 2.75) is 32.2 Å². The van der Waals surface area contributed by atoms with Gasteiger partial charge in [0.2, 0.25) is 0 Å². The fraction of sp³-hybridized carbons (Fsp3) is 0.214. The smallest absolute Gasteiger partial charge is 0.301 e. The van der Waals surface area contributed by atoms with Gasteiger partial charge in [0.1, 0.15) is 17.6 Å². The molecule has 0 radical (unpaired) electrons. The number of amides is 1. The van der Waals surface area contributed by atoms with Crippen molar-refractivity contribution in [3.8, 4) is 5.75 Å². The van der Waals surface area contributed by atoms with Crippen LogP contribution in [0.3, 0.4) is 0 Å². The number of benzene rings is 2. The van der Waals surface area contributed by atoms with Gasteiger partial charge in [-0.15, -0.1) is 0 Å². The van der Waals surface area contributed by atoms with Crippen LogP contribution >= 0.6 is 11.3 Å². The lowest BCUT2D eigenvalue weighted by Crippen LogP contribution is -2.29. The lowest BCUT2D eigenvalue weighted by molar-refractivity contribution is -0.384. The summed E-state index contributed by atoms with van der Waals surface area (Å²) in [4.78, 5) is 47.4. The number of nitro benzene ring substituents is 1. The first kappa shape index (κ1) is 26.0. The van der Waals surface area contributed by atoms with Gasteiger partial charge in [-0.3, -0.25) is 29.6 Å². The van der Waals surface area contributed by atoms with Gasteiger partial charge in [-0.05, 0) is 48.9 Å². The maximum Gasteiger partial charge on any atom is 0.301 e. The number of anilines is 1. The Hall–Kier alpha value is -4.64. The van der Waals surface area contributed by atoms with E-state index in [0.29, 0.717) is 33.8 Å². The number of hydrogen-bond acceptors (Lipinski definition) is 9. The zero-order chi connectivity index (χ0) is 27.5. The van der Waals surface area contributed by atoms with Crippen LogP contribution in [0.1, 0.15) is 43.5 Å². The minimum atomic E-state index is -1.05. The maximum atomic E-state index is 13.4. The molecule has 10 nitrogen and oxygen atoms in total. The minimum absolute atomic E-state index is 0.112. The Balaban J connectivity index is 1.56. The van der Waals surface area contributed by atoms with E-state index in [9.17, 15) is 24.8 Å². The van der Waals surface area contributed by atoms with Crippen molar-refractivity contribution < 1.29 is 24.4 Å². The van der Waals surface area contributed by atoms with Crippen LogP contribution < -0.4 is 9.64 Å². The Morgan fingerprint density at radius 1 is 1.13 bits per heavy atom. The van der Waals surface area contributed by atoms with E-state index in [2.05, 4.69) is 16.9 Å². The first-order valence-electron chi connectivity index (χ1n) is 12.4. The number of rotatable bonds is 9. The third-order valence-electron chi connectivity index (χ3n) is 6.33. The van der Waals surface area contributed by atoms with Crippen LogP contribution in [-0.4, -0.2) is 38.3 Å². The number of fused-ring (bicyclic) bond motifs is 1. The van der Waals surface area contributed by atoms with E-state index in [1.165, 1.54) is 29.3 Å². The van der Waals surface area contributed by atoms with Crippen LogP contribution in [0.2, 0.25) is 0 Å². The number of non-ortho nitro benzene ring substituents is 1. The third-order valence-corrected chi connectivity index (χ3v) is 7.35. The first-order valence-corrected chi connectivity index (χ1v) is 13.2. The Morgan fingerprint density at radius 2 is 1.92 bits per heavy atom. The Kier molecular flexibility index (Phi) is 7.33. The van der Waals surface area contributed by atoms with Crippen molar-refractivity contribution in [2.75, 3.05) is 11.5 Å². The Morgan fingerprint density at radius 3 is 2.62 bits per heavy atom. The number of carbonyl (C=O) groups excluding carboxylic acids is 2. The zero-order valence-corrected chi connectivity index (χ0v) is 21.8. The molecule has 1 amide bonds. The molecular formula is C28H24N4O6S. The van der Waals surface area contributed by atoms with E-state index in [0.717, 1.165) is 30.6 Å². The first-order chi connectivity index (χ1) is 18.9. The number of aliphatic hydroxyl groups excluding tert-OH is 1. The Labute approximate surface area is 227 Å². The largest absolute Gasteiger partial charge is 0.507 e. The van der Waals surface area contributed by atoms with Gasteiger partial charge in [0.05, 0.1) is 33.0 Å². The molecule has 0 aliphatic carbocycles. The number of nitrogens with zero attached hydrogens (tertiary/aromatic N) is 4. The van der Waals surface area contributed by atoms with Crippen LogP contribution in [0, 0.1) is 10.1 Å². The molecule has 11 heteroatoms. The fourth-order valence-corrected chi connectivity index (χ4v) is 5.40. The maximum absolute atomic E-state index is 13.4. The fourth-order valence-electron chi connectivity index (χ4n) is 4.37. The van der Waals surface area contributed by atoms with E-state index >= 15 is 0 Å². The van der Waals surface area contributed by atoms with Crippen molar-refractivity contribution in [2.24, 2.45) is 0 Å². The molecular weight excluding hydrogens is 520 g/mol. The number of ketones is 1. The average Bonchev–Trinajstić information content (AvgIpc) is 3.49. The molecule has 1 atom stereocenters.